The van der Waals surface area contributed by atoms with E-state index >= 15 is 0 Å². The molecule has 1 fully saturated rings. The van der Waals surface area contributed by atoms with Gasteiger partial charge >= 0.3 is 12.1 Å². The monoisotopic (exact) mass is 573 g/mol. The summed E-state index contributed by atoms with van der Waals surface area (Å²) in [5.41, 5.74) is 1.03. The van der Waals surface area contributed by atoms with Gasteiger partial charge in [-0.1, -0.05) is 41.4 Å². The van der Waals surface area contributed by atoms with Gasteiger partial charge in [-0.2, -0.15) is 0 Å². The predicted octanol–water partition coefficient (Wildman–Crippen LogP) is 3.63. The molecule has 0 spiro atoms. The van der Waals surface area contributed by atoms with Gasteiger partial charge < -0.3 is 24.6 Å². The molecule has 0 saturated carbocycles. The number of hydrogen-bond donors (Lipinski definition) is 1. The van der Waals surface area contributed by atoms with E-state index in [2.05, 4.69) is 15.3 Å². The van der Waals surface area contributed by atoms with Crippen molar-refractivity contribution in [2.75, 3.05) is 32.8 Å². The first-order valence-electron chi connectivity index (χ1n) is 13.2. The summed E-state index contributed by atoms with van der Waals surface area (Å²) >= 11 is 6.21. The number of hydrogen-bond acceptors (Lipinski definition) is 8. The van der Waals surface area contributed by atoms with Crippen molar-refractivity contribution < 1.29 is 28.7 Å². The molecule has 12 heteroatoms. The van der Waals surface area contributed by atoms with Crippen LogP contribution in [0.25, 0.3) is 11.4 Å². The largest absolute Gasteiger partial charge is 0.460 e. The van der Waals surface area contributed by atoms with E-state index in [9.17, 15) is 19.2 Å². The Morgan fingerprint density at radius 3 is 2.25 bits per heavy atom. The minimum absolute atomic E-state index is 0.0151. The van der Waals surface area contributed by atoms with Crippen LogP contribution in [0.2, 0.25) is 5.15 Å². The lowest BCUT2D eigenvalue weighted by Gasteiger charge is -2.36. The number of rotatable bonds is 8. The average Bonchev–Trinajstić information content (AvgIpc) is 2.89. The molecule has 2 aromatic rings. The first-order chi connectivity index (χ1) is 18.9. The Bertz CT molecular complexity index is 1220. The molecular formula is C28H36ClN5O6. The van der Waals surface area contributed by atoms with Gasteiger partial charge in [0.1, 0.15) is 22.5 Å². The van der Waals surface area contributed by atoms with Crippen molar-refractivity contribution in [2.45, 2.75) is 59.1 Å². The van der Waals surface area contributed by atoms with Gasteiger partial charge in [0.2, 0.25) is 5.91 Å². The van der Waals surface area contributed by atoms with E-state index in [0.717, 1.165) is 5.56 Å². The van der Waals surface area contributed by atoms with Gasteiger partial charge in [0.25, 0.3) is 5.91 Å². The summed E-state index contributed by atoms with van der Waals surface area (Å²) < 4.78 is 10.4. The molecule has 1 N–H and O–H groups in total. The summed E-state index contributed by atoms with van der Waals surface area (Å²) in [5, 5.41) is 2.80. The third kappa shape index (κ3) is 8.90. The summed E-state index contributed by atoms with van der Waals surface area (Å²) in [6.45, 7) is 10.3. The number of nitrogens with one attached hydrogen (secondary N) is 1. The molecular weight excluding hydrogens is 538 g/mol. The first-order valence-corrected chi connectivity index (χ1v) is 13.6. The lowest BCUT2D eigenvalue weighted by Crippen LogP contribution is -2.56. The fourth-order valence-corrected chi connectivity index (χ4v) is 4.24. The number of esters is 1. The number of aromatic nitrogens is 2. The first kappa shape index (κ1) is 30.8. The molecule has 40 heavy (non-hydrogen) atoms. The number of aryl methyl sites for hydroxylation is 1. The summed E-state index contributed by atoms with van der Waals surface area (Å²) in [5.74, 6) is -1.23. The summed E-state index contributed by atoms with van der Waals surface area (Å²) in [6.07, 6.45) is -0.508. The van der Waals surface area contributed by atoms with E-state index in [0.29, 0.717) is 18.7 Å². The van der Waals surface area contributed by atoms with E-state index < -0.39 is 29.6 Å². The second-order valence-corrected chi connectivity index (χ2v) is 10.8. The Kier molecular flexibility index (Phi) is 10.4. The normalized spacial score (nSPS) is 14.3. The van der Waals surface area contributed by atoms with E-state index in [1.54, 1.807) is 32.6 Å². The molecule has 0 aliphatic carbocycles. The van der Waals surface area contributed by atoms with Crippen molar-refractivity contribution >= 4 is 35.5 Å². The van der Waals surface area contributed by atoms with Gasteiger partial charge in [-0.3, -0.25) is 14.4 Å². The molecule has 1 aliphatic heterocycles. The Morgan fingerprint density at radius 2 is 1.65 bits per heavy atom. The number of nitrogens with zero attached hydrogens (tertiary/aromatic N) is 4. The SMILES string of the molecule is CCOC(=O)N1CCN(C(=O)[C@H](CCC(=O)OC(C)(C)C)NC(=O)c2cc(Cl)nc(-c3ccc(C)cc3)n2)CC1. The van der Waals surface area contributed by atoms with E-state index in [1.807, 2.05) is 31.2 Å². The Morgan fingerprint density at radius 1 is 1.02 bits per heavy atom. The zero-order valence-corrected chi connectivity index (χ0v) is 24.3. The molecule has 3 rings (SSSR count). The minimum Gasteiger partial charge on any atom is -0.460 e. The van der Waals surface area contributed by atoms with Crippen LogP contribution in [0.3, 0.4) is 0 Å². The molecule has 2 heterocycles. The molecule has 11 nitrogen and oxygen atoms in total. The maximum atomic E-state index is 13.5. The molecule has 0 bridgehead atoms. The maximum absolute atomic E-state index is 13.5. The van der Waals surface area contributed by atoms with Crippen LogP contribution in [0.15, 0.2) is 30.3 Å². The van der Waals surface area contributed by atoms with Gasteiger partial charge in [-0.05, 0) is 41.0 Å². The van der Waals surface area contributed by atoms with Crippen LogP contribution in [-0.4, -0.2) is 88.1 Å². The van der Waals surface area contributed by atoms with Crippen molar-refractivity contribution in [1.29, 1.82) is 0 Å². The molecule has 1 aromatic carbocycles. The number of benzene rings is 1. The number of piperazine rings is 1. The van der Waals surface area contributed by atoms with Gasteiger partial charge in [0.05, 0.1) is 6.61 Å². The van der Waals surface area contributed by atoms with E-state index in [-0.39, 0.29) is 55.1 Å². The van der Waals surface area contributed by atoms with Gasteiger partial charge in [0, 0.05) is 44.2 Å². The minimum atomic E-state index is -1.04. The predicted molar refractivity (Wildman–Crippen MR) is 149 cm³/mol. The Balaban J connectivity index is 1.77. The molecule has 1 saturated heterocycles. The van der Waals surface area contributed by atoms with E-state index in [4.69, 9.17) is 21.1 Å². The smallest absolute Gasteiger partial charge is 0.409 e. The van der Waals surface area contributed by atoms with Crippen molar-refractivity contribution in [3.63, 3.8) is 0 Å². The van der Waals surface area contributed by atoms with E-state index in [1.165, 1.54) is 11.0 Å². The van der Waals surface area contributed by atoms with Crippen molar-refractivity contribution in [3.8, 4) is 11.4 Å². The highest BCUT2D eigenvalue weighted by Gasteiger charge is 2.32. The molecule has 0 radical (unpaired) electrons. The fourth-order valence-electron chi connectivity index (χ4n) is 4.05. The number of halogens is 1. The highest BCUT2D eigenvalue weighted by Crippen LogP contribution is 2.19. The fraction of sp³-hybridized carbons (Fsp3) is 0.500. The van der Waals surface area contributed by atoms with Crippen LogP contribution in [0, 0.1) is 6.92 Å². The Labute approximate surface area is 239 Å². The highest BCUT2D eigenvalue weighted by atomic mass is 35.5. The quantitative estimate of drug-likeness (QED) is 0.374. The summed E-state index contributed by atoms with van der Waals surface area (Å²) in [6, 6.07) is 7.73. The number of ether oxygens (including phenoxy) is 2. The maximum Gasteiger partial charge on any atom is 0.409 e. The Hall–Kier alpha value is -3.73. The lowest BCUT2D eigenvalue weighted by molar-refractivity contribution is -0.155. The second-order valence-electron chi connectivity index (χ2n) is 10.4. The summed E-state index contributed by atoms with van der Waals surface area (Å²) in [4.78, 5) is 63.0. The molecule has 3 amide bonds. The van der Waals surface area contributed by atoms with Crippen LogP contribution >= 0.6 is 11.6 Å². The van der Waals surface area contributed by atoms with Gasteiger partial charge in [0.15, 0.2) is 5.82 Å². The van der Waals surface area contributed by atoms with Crippen molar-refractivity contribution in [3.05, 3.63) is 46.7 Å². The van der Waals surface area contributed by atoms with Gasteiger partial charge in [-0.25, -0.2) is 14.8 Å². The van der Waals surface area contributed by atoms with Crippen molar-refractivity contribution in [2.24, 2.45) is 0 Å². The lowest BCUT2D eigenvalue weighted by atomic mass is 10.1. The van der Waals surface area contributed by atoms with Crippen LogP contribution in [0.1, 0.15) is 56.6 Å². The summed E-state index contributed by atoms with van der Waals surface area (Å²) in [7, 11) is 0. The average molecular weight is 574 g/mol. The van der Waals surface area contributed by atoms with Gasteiger partial charge in [-0.15, -0.1) is 0 Å². The third-order valence-corrected chi connectivity index (χ3v) is 6.21. The second kappa shape index (κ2) is 13.6. The van der Waals surface area contributed by atoms with Crippen LogP contribution in [0.5, 0.6) is 0 Å². The zero-order chi connectivity index (χ0) is 29.4. The number of amides is 3. The molecule has 1 aliphatic rings. The topological polar surface area (TPSA) is 131 Å². The standard InChI is InChI=1S/C28H36ClN5O6/c1-6-39-27(38)34-15-13-33(14-16-34)26(37)20(11-12-23(35)40-28(3,4)5)31-25(36)21-17-22(29)32-24(30-21)19-9-7-18(2)8-10-19/h7-10,17,20H,6,11-16H2,1-5H3,(H,31,36)/t20-/m0/s1. The molecule has 216 valence electrons. The zero-order valence-electron chi connectivity index (χ0n) is 23.5. The molecule has 1 atom stereocenters. The van der Waals surface area contributed by atoms with Crippen LogP contribution < -0.4 is 5.32 Å². The van der Waals surface area contributed by atoms with Crippen LogP contribution in [0.4, 0.5) is 4.79 Å². The molecule has 0 unspecified atom stereocenters. The third-order valence-electron chi connectivity index (χ3n) is 6.02. The number of carbonyl (C=O) groups is 4. The highest BCUT2D eigenvalue weighted by molar-refractivity contribution is 6.29. The molecule has 1 aromatic heterocycles. The van der Waals surface area contributed by atoms with Crippen LogP contribution in [-0.2, 0) is 19.1 Å². The van der Waals surface area contributed by atoms with Crippen molar-refractivity contribution in [1.82, 2.24) is 25.1 Å². The number of carbonyl (C=O) groups excluding carboxylic acids is 4.